The number of nitrogens with zero attached hydrogens (tertiary/aromatic N) is 3. The van der Waals surface area contributed by atoms with Gasteiger partial charge in [-0.3, -0.25) is 29.8 Å². The van der Waals surface area contributed by atoms with Crippen LogP contribution >= 0.6 is 0 Å². The van der Waals surface area contributed by atoms with Gasteiger partial charge in [0.05, 0.1) is 32.7 Å². The van der Waals surface area contributed by atoms with Gasteiger partial charge in [-0.2, -0.15) is 0 Å². The van der Waals surface area contributed by atoms with Crippen LogP contribution in [0.25, 0.3) is 0 Å². The first-order chi connectivity index (χ1) is 14.8. The number of carbonyl (C=O) groups excluding carboxylic acids is 2. The second-order valence-corrected chi connectivity index (χ2v) is 6.76. The summed E-state index contributed by atoms with van der Waals surface area (Å²) in [5.74, 6) is -1.20. The van der Waals surface area contributed by atoms with Gasteiger partial charge in [0.15, 0.2) is 0 Å². The molecule has 31 heavy (non-hydrogen) atoms. The molecule has 3 aromatic rings. The second kappa shape index (κ2) is 7.34. The van der Waals surface area contributed by atoms with E-state index in [4.69, 9.17) is 4.74 Å². The lowest BCUT2D eigenvalue weighted by molar-refractivity contribution is -0.394. The van der Waals surface area contributed by atoms with Crippen LogP contribution in [0, 0.1) is 27.2 Å². The van der Waals surface area contributed by atoms with Gasteiger partial charge in [-0.25, -0.2) is 4.90 Å². The van der Waals surface area contributed by atoms with Crippen molar-refractivity contribution in [3.05, 3.63) is 97.6 Å². The SMILES string of the molecule is Cc1ccc(N2C(=O)c3ccc(Oc4ccc([N+](=O)[O-])cc4[N+](=O)[O-])cc3C2=O)cc1. The number of nitro groups is 2. The topological polar surface area (TPSA) is 133 Å². The molecule has 0 saturated carbocycles. The van der Waals surface area contributed by atoms with E-state index in [1.807, 2.05) is 6.92 Å². The summed E-state index contributed by atoms with van der Waals surface area (Å²) in [7, 11) is 0. The summed E-state index contributed by atoms with van der Waals surface area (Å²) in [5, 5.41) is 22.2. The predicted octanol–water partition coefficient (Wildman–Crippen LogP) is 4.40. The first-order valence-electron chi connectivity index (χ1n) is 8.96. The van der Waals surface area contributed by atoms with Crippen molar-refractivity contribution >= 4 is 28.9 Å². The van der Waals surface area contributed by atoms with Gasteiger partial charge in [-0.15, -0.1) is 0 Å². The Bertz CT molecular complexity index is 1270. The van der Waals surface area contributed by atoms with Gasteiger partial charge in [0, 0.05) is 6.07 Å². The van der Waals surface area contributed by atoms with Gasteiger partial charge in [0.2, 0.25) is 5.75 Å². The van der Waals surface area contributed by atoms with Crippen LogP contribution < -0.4 is 9.64 Å². The van der Waals surface area contributed by atoms with Crippen LogP contribution in [0.4, 0.5) is 17.1 Å². The summed E-state index contributed by atoms with van der Waals surface area (Å²) in [6.07, 6.45) is 0. The van der Waals surface area contributed by atoms with Gasteiger partial charge < -0.3 is 4.74 Å². The zero-order chi connectivity index (χ0) is 22.3. The zero-order valence-corrected chi connectivity index (χ0v) is 16.0. The Hall–Kier alpha value is -4.60. The molecule has 10 heteroatoms. The van der Waals surface area contributed by atoms with Gasteiger partial charge in [-0.1, -0.05) is 17.7 Å². The number of anilines is 1. The highest BCUT2D eigenvalue weighted by molar-refractivity contribution is 6.34. The number of carbonyl (C=O) groups is 2. The number of imide groups is 1. The third-order valence-electron chi connectivity index (χ3n) is 4.73. The molecule has 0 aromatic heterocycles. The molecular formula is C21H13N3O7. The van der Waals surface area contributed by atoms with E-state index in [2.05, 4.69) is 0 Å². The number of hydrogen-bond donors (Lipinski definition) is 0. The Balaban J connectivity index is 1.68. The van der Waals surface area contributed by atoms with E-state index in [0.717, 1.165) is 28.7 Å². The summed E-state index contributed by atoms with van der Waals surface area (Å²) in [4.78, 5) is 47.2. The van der Waals surface area contributed by atoms with Crippen LogP contribution in [0.2, 0.25) is 0 Å². The number of ether oxygens (including phenoxy) is 1. The fourth-order valence-corrected chi connectivity index (χ4v) is 3.19. The summed E-state index contributed by atoms with van der Waals surface area (Å²) in [6, 6.07) is 14.0. The number of non-ortho nitro benzene ring substituents is 1. The summed E-state index contributed by atoms with van der Waals surface area (Å²) >= 11 is 0. The lowest BCUT2D eigenvalue weighted by atomic mass is 10.1. The van der Waals surface area contributed by atoms with Crippen molar-refractivity contribution in [1.29, 1.82) is 0 Å². The Morgan fingerprint density at radius 1 is 0.806 bits per heavy atom. The van der Waals surface area contributed by atoms with Crippen LogP contribution in [-0.2, 0) is 0 Å². The number of benzene rings is 3. The van der Waals surface area contributed by atoms with Crippen LogP contribution in [0.1, 0.15) is 26.3 Å². The van der Waals surface area contributed by atoms with Gasteiger partial charge in [0.25, 0.3) is 17.5 Å². The van der Waals surface area contributed by atoms with Crippen LogP contribution in [0.5, 0.6) is 11.5 Å². The molecule has 0 bridgehead atoms. The molecule has 3 aromatic carbocycles. The van der Waals surface area contributed by atoms with E-state index in [0.29, 0.717) is 5.69 Å². The highest BCUT2D eigenvalue weighted by Crippen LogP contribution is 2.36. The molecular weight excluding hydrogens is 406 g/mol. The van der Waals surface area contributed by atoms with Gasteiger partial charge in [-0.05, 0) is 43.3 Å². The Kier molecular flexibility index (Phi) is 4.66. The molecule has 0 saturated heterocycles. The van der Waals surface area contributed by atoms with E-state index in [-0.39, 0.29) is 22.6 Å². The average molecular weight is 419 g/mol. The zero-order valence-electron chi connectivity index (χ0n) is 16.0. The molecule has 0 fully saturated rings. The molecule has 2 amide bonds. The quantitative estimate of drug-likeness (QED) is 0.340. The van der Waals surface area contributed by atoms with E-state index in [1.165, 1.54) is 18.2 Å². The summed E-state index contributed by atoms with van der Waals surface area (Å²) < 4.78 is 5.52. The monoisotopic (exact) mass is 419 g/mol. The maximum absolute atomic E-state index is 12.9. The van der Waals surface area contributed by atoms with Crippen LogP contribution in [0.3, 0.4) is 0 Å². The molecule has 0 spiro atoms. The molecule has 1 aliphatic rings. The maximum atomic E-state index is 12.9. The minimum Gasteiger partial charge on any atom is -0.450 e. The van der Waals surface area contributed by atoms with E-state index >= 15 is 0 Å². The van der Waals surface area contributed by atoms with Crippen molar-refractivity contribution in [2.24, 2.45) is 0 Å². The van der Waals surface area contributed by atoms with Gasteiger partial charge >= 0.3 is 5.69 Å². The van der Waals surface area contributed by atoms with Crippen molar-refractivity contribution in [3.63, 3.8) is 0 Å². The first-order valence-corrected chi connectivity index (χ1v) is 8.96. The molecule has 10 nitrogen and oxygen atoms in total. The molecule has 1 aliphatic heterocycles. The number of rotatable bonds is 5. The fourth-order valence-electron chi connectivity index (χ4n) is 3.19. The summed E-state index contributed by atoms with van der Waals surface area (Å²) in [6.45, 7) is 1.88. The number of fused-ring (bicyclic) bond motifs is 1. The molecule has 4 rings (SSSR count). The lowest BCUT2D eigenvalue weighted by Crippen LogP contribution is -2.29. The fraction of sp³-hybridized carbons (Fsp3) is 0.0476. The molecule has 0 atom stereocenters. The largest absolute Gasteiger partial charge is 0.450 e. The van der Waals surface area contributed by atoms with Crippen molar-refractivity contribution in [2.75, 3.05) is 4.90 Å². The Morgan fingerprint density at radius 2 is 1.48 bits per heavy atom. The minimum atomic E-state index is -0.802. The molecule has 1 heterocycles. The summed E-state index contributed by atoms with van der Waals surface area (Å²) in [5.41, 5.74) is 0.607. The molecule has 0 unspecified atom stereocenters. The van der Waals surface area contributed by atoms with E-state index in [9.17, 15) is 29.8 Å². The highest BCUT2D eigenvalue weighted by atomic mass is 16.6. The number of amides is 2. The first kappa shape index (κ1) is 19.7. The van der Waals surface area contributed by atoms with Crippen molar-refractivity contribution in [1.82, 2.24) is 0 Å². The van der Waals surface area contributed by atoms with Crippen molar-refractivity contribution in [3.8, 4) is 11.5 Å². The number of nitro benzene ring substituents is 2. The lowest BCUT2D eigenvalue weighted by Gasteiger charge is -2.13. The third kappa shape index (κ3) is 3.46. The van der Waals surface area contributed by atoms with E-state index in [1.54, 1.807) is 24.3 Å². The third-order valence-corrected chi connectivity index (χ3v) is 4.73. The Morgan fingerprint density at radius 3 is 2.13 bits per heavy atom. The van der Waals surface area contributed by atoms with Crippen LogP contribution in [0.15, 0.2) is 60.7 Å². The minimum absolute atomic E-state index is 0.0719. The molecule has 0 aliphatic carbocycles. The standard InChI is InChI=1S/C21H13N3O7/c1-12-2-4-13(5-3-12)22-20(25)16-8-7-15(11-17(16)21(22)26)31-19-9-6-14(23(27)28)10-18(19)24(29)30/h2-11H,1H3. The molecule has 0 N–H and O–H groups in total. The van der Waals surface area contributed by atoms with E-state index < -0.39 is 33.0 Å². The number of hydrogen-bond acceptors (Lipinski definition) is 7. The maximum Gasteiger partial charge on any atom is 0.318 e. The normalized spacial score (nSPS) is 12.6. The Labute approximate surface area is 174 Å². The van der Waals surface area contributed by atoms with Crippen molar-refractivity contribution in [2.45, 2.75) is 6.92 Å². The molecule has 0 radical (unpaired) electrons. The van der Waals surface area contributed by atoms with Crippen LogP contribution in [-0.4, -0.2) is 21.7 Å². The average Bonchev–Trinajstić information content (AvgIpc) is 2.98. The van der Waals surface area contributed by atoms with Crippen molar-refractivity contribution < 1.29 is 24.2 Å². The van der Waals surface area contributed by atoms with Gasteiger partial charge in [0.1, 0.15) is 5.75 Å². The highest BCUT2D eigenvalue weighted by Gasteiger charge is 2.37. The predicted molar refractivity (Wildman–Crippen MR) is 109 cm³/mol. The number of aryl methyl sites for hydroxylation is 1. The second-order valence-electron chi connectivity index (χ2n) is 6.76. The smallest absolute Gasteiger partial charge is 0.318 e. The molecule has 154 valence electrons.